The maximum atomic E-state index is 15.0. The van der Waals surface area contributed by atoms with Crippen LogP contribution >= 0.6 is 11.6 Å². The number of halogens is 2. The van der Waals surface area contributed by atoms with Crippen molar-refractivity contribution in [1.82, 2.24) is 14.9 Å². The van der Waals surface area contributed by atoms with Gasteiger partial charge in [0.05, 0.1) is 11.9 Å². The number of benzene rings is 1. The van der Waals surface area contributed by atoms with Gasteiger partial charge in [0.15, 0.2) is 5.82 Å². The molecule has 2 aromatic rings. The molecule has 1 aliphatic heterocycles. The van der Waals surface area contributed by atoms with Crippen molar-refractivity contribution in [1.29, 1.82) is 0 Å². The largest absolute Gasteiger partial charge is 0.322 e. The van der Waals surface area contributed by atoms with E-state index in [1.807, 2.05) is 39.8 Å². The van der Waals surface area contributed by atoms with Gasteiger partial charge in [-0.05, 0) is 96.3 Å². The molecule has 0 radical (unpaired) electrons. The minimum atomic E-state index is -0.309. The molecule has 166 valence electrons. The summed E-state index contributed by atoms with van der Waals surface area (Å²) in [7, 11) is 2.15. The van der Waals surface area contributed by atoms with Crippen LogP contribution in [-0.4, -0.2) is 40.2 Å². The number of nitrogens with zero attached hydrogens (tertiary/aromatic N) is 4. The van der Waals surface area contributed by atoms with Gasteiger partial charge in [0.25, 0.3) is 0 Å². The summed E-state index contributed by atoms with van der Waals surface area (Å²) in [6.07, 6.45) is 5.50. The number of nitrogens with one attached hydrogen (secondary N) is 1. The first-order valence-electron chi connectivity index (χ1n) is 10.6. The van der Waals surface area contributed by atoms with E-state index in [0.29, 0.717) is 28.5 Å². The standard InChI is InChI=1S/C24H31ClFN5/c1-14(2)9-16(4)28-23-20(25)13-27-24(30-23)29-22-10-15(3)19(12-21(22)26)18-7-8-31(6)17(5)11-18/h9-10,12-13,17-18H,7-8,11H2,1-6H3,(H,27,29,30). The van der Waals surface area contributed by atoms with Gasteiger partial charge in [-0.15, -0.1) is 0 Å². The van der Waals surface area contributed by atoms with Gasteiger partial charge in [-0.3, -0.25) is 0 Å². The molecule has 0 aliphatic carbocycles. The molecule has 7 heteroatoms. The third-order valence-electron chi connectivity index (χ3n) is 5.76. The van der Waals surface area contributed by atoms with Gasteiger partial charge < -0.3 is 10.2 Å². The van der Waals surface area contributed by atoms with Crippen LogP contribution in [0.15, 0.2) is 35.0 Å². The molecule has 2 atom stereocenters. The Bertz CT molecular complexity index is 1010. The Morgan fingerprint density at radius 2 is 2.06 bits per heavy atom. The summed E-state index contributed by atoms with van der Waals surface area (Å²) < 4.78 is 15.0. The molecule has 1 aromatic carbocycles. The van der Waals surface area contributed by atoms with Crippen molar-refractivity contribution in [2.24, 2.45) is 4.99 Å². The molecule has 3 rings (SSSR count). The molecule has 1 saturated heterocycles. The summed E-state index contributed by atoms with van der Waals surface area (Å²) in [5.74, 6) is 0.673. The van der Waals surface area contributed by atoms with E-state index in [9.17, 15) is 4.39 Å². The average molecular weight is 444 g/mol. The fraction of sp³-hybridized carbons (Fsp3) is 0.458. The Hall–Kier alpha value is -2.31. The Morgan fingerprint density at radius 3 is 2.74 bits per heavy atom. The lowest BCUT2D eigenvalue weighted by Crippen LogP contribution is -2.37. The number of aryl methyl sites for hydroxylation is 1. The van der Waals surface area contributed by atoms with Crippen molar-refractivity contribution in [3.05, 3.63) is 51.9 Å². The van der Waals surface area contributed by atoms with Crippen LogP contribution in [0.1, 0.15) is 57.6 Å². The summed E-state index contributed by atoms with van der Waals surface area (Å²) in [5, 5.41) is 3.33. The number of aromatic nitrogens is 2. The second-order valence-corrected chi connectivity index (χ2v) is 9.11. The lowest BCUT2D eigenvalue weighted by atomic mass is 9.84. The van der Waals surface area contributed by atoms with Crippen LogP contribution in [0, 0.1) is 12.7 Å². The van der Waals surface area contributed by atoms with E-state index < -0.39 is 0 Å². The maximum absolute atomic E-state index is 15.0. The molecule has 2 unspecified atom stereocenters. The highest BCUT2D eigenvalue weighted by Gasteiger charge is 2.26. The van der Waals surface area contributed by atoms with Crippen molar-refractivity contribution in [3.8, 4) is 0 Å². The highest BCUT2D eigenvalue weighted by molar-refractivity contribution is 6.32. The van der Waals surface area contributed by atoms with Gasteiger partial charge in [-0.25, -0.2) is 14.4 Å². The minimum Gasteiger partial charge on any atom is -0.322 e. The average Bonchev–Trinajstić information content (AvgIpc) is 2.68. The first-order chi connectivity index (χ1) is 14.6. The smallest absolute Gasteiger partial charge is 0.229 e. The normalized spacial score (nSPS) is 19.9. The molecule has 1 N–H and O–H groups in total. The van der Waals surface area contributed by atoms with E-state index >= 15 is 0 Å². The lowest BCUT2D eigenvalue weighted by molar-refractivity contribution is 0.182. The molecule has 0 bridgehead atoms. The molecule has 1 fully saturated rings. The molecule has 2 heterocycles. The van der Waals surface area contributed by atoms with Gasteiger partial charge in [0.1, 0.15) is 10.8 Å². The first kappa shape index (κ1) is 23.4. The summed E-state index contributed by atoms with van der Waals surface area (Å²) in [6.45, 7) is 11.2. The second-order valence-electron chi connectivity index (χ2n) is 8.70. The molecule has 0 spiro atoms. The van der Waals surface area contributed by atoms with Crippen molar-refractivity contribution < 1.29 is 4.39 Å². The topological polar surface area (TPSA) is 53.4 Å². The molecule has 0 amide bonds. The Labute approximate surface area is 189 Å². The Kier molecular flexibility index (Phi) is 7.44. The number of aliphatic imine (C=N–C) groups is 1. The Balaban J connectivity index is 1.84. The number of allylic oxidation sites excluding steroid dienone is 2. The van der Waals surface area contributed by atoms with Gasteiger partial charge in [-0.2, -0.15) is 4.98 Å². The summed E-state index contributed by atoms with van der Waals surface area (Å²) in [5.41, 5.74) is 4.41. The van der Waals surface area contributed by atoms with Crippen LogP contribution in [0.3, 0.4) is 0 Å². The first-order valence-corrected chi connectivity index (χ1v) is 11.0. The van der Waals surface area contributed by atoms with Crippen molar-refractivity contribution in [2.45, 2.75) is 59.4 Å². The zero-order valence-electron chi connectivity index (χ0n) is 19.1. The minimum absolute atomic E-state index is 0.257. The lowest BCUT2D eigenvalue weighted by Gasteiger charge is -2.36. The van der Waals surface area contributed by atoms with Gasteiger partial charge in [0.2, 0.25) is 5.95 Å². The van der Waals surface area contributed by atoms with Crippen molar-refractivity contribution >= 4 is 34.8 Å². The van der Waals surface area contributed by atoms with Crippen LogP contribution < -0.4 is 5.32 Å². The van der Waals surface area contributed by atoms with Crippen LogP contribution in [0.25, 0.3) is 0 Å². The maximum Gasteiger partial charge on any atom is 0.229 e. The van der Waals surface area contributed by atoms with Gasteiger partial charge in [0, 0.05) is 11.8 Å². The molecule has 5 nitrogen and oxygen atoms in total. The SMILES string of the molecule is CC(C)=CC(C)=Nc1nc(Nc2cc(C)c(C3CCN(C)C(C)C3)cc2F)ncc1Cl. The quantitative estimate of drug-likeness (QED) is 0.530. The zero-order chi connectivity index (χ0) is 22.7. The van der Waals surface area contributed by atoms with Crippen LogP contribution in [0.4, 0.5) is 21.8 Å². The number of piperidine rings is 1. The third kappa shape index (κ3) is 5.89. The van der Waals surface area contributed by atoms with E-state index in [1.165, 1.54) is 6.20 Å². The van der Waals surface area contributed by atoms with E-state index in [1.54, 1.807) is 6.07 Å². The van der Waals surface area contributed by atoms with E-state index in [-0.39, 0.29) is 11.8 Å². The third-order valence-corrected chi connectivity index (χ3v) is 6.02. The number of rotatable bonds is 5. The molecule has 1 aliphatic rings. The van der Waals surface area contributed by atoms with Crippen LogP contribution in [0.5, 0.6) is 0 Å². The number of anilines is 2. The molecule has 1 aromatic heterocycles. The molecule has 0 saturated carbocycles. The number of hydrogen-bond donors (Lipinski definition) is 1. The summed E-state index contributed by atoms with van der Waals surface area (Å²) in [6, 6.07) is 3.99. The monoisotopic (exact) mass is 443 g/mol. The summed E-state index contributed by atoms with van der Waals surface area (Å²) >= 11 is 6.21. The zero-order valence-corrected chi connectivity index (χ0v) is 19.9. The predicted molar refractivity (Wildman–Crippen MR) is 128 cm³/mol. The molecule has 31 heavy (non-hydrogen) atoms. The van der Waals surface area contributed by atoms with Gasteiger partial charge >= 0.3 is 0 Å². The molecular weight excluding hydrogens is 413 g/mol. The van der Waals surface area contributed by atoms with Crippen LogP contribution in [-0.2, 0) is 0 Å². The van der Waals surface area contributed by atoms with Crippen molar-refractivity contribution in [2.75, 3.05) is 18.9 Å². The second kappa shape index (κ2) is 9.88. The van der Waals surface area contributed by atoms with Crippen LogP contribution in [0.2, 0.25) is 5.02 Å². The number of hydrogen-bond acceptors (Lipinski definition) is 5. The fourth-order valence-corrected chi connectivity index (χ4v) is 4.17. The summed E-state index contributed by atoms with van der Waals surface area (Å²) in [4.78, 5) is 15.4. The van der Waals surface area contributed by atoms with Gasteiger partial charge in [-0.1, -0.05) is 17.2 Å². The highest BCUT2D eigenvalue weighted by atomic mass is 35.5. The van der Waals surface area contributed by atoms with E-state index in [0.717, 1.165) is 41.8 Å². The number of likely N-dealkylation sites (tertiary alicyclic amines) is 1. The van der Waals surface area contributed by atoms with E-state index in [2.05, 4.69) is 39.1 Å². The highest BCUT2D eigenvalue weighted by Crippen LogP contribution is 2.35. The van der Waals surface area contributed by atoms with E-state index in [4.69, 9.17) is 11.6 Å². The van der Waals surface area contributed by atoms with Crippen molar-refractivity contribution in [3.63, 3.8) is 0 Å². The molecular formula is C24H31ClFN5. The Morgan fingerprint density at radius 1 is 1.32 bits per heavy atom. The fourth-order valence-electron chi connectivity index (χ4n) is 4.04. The predicted octanol–water partition coefficient (Wildman–Crippen LogP) is 6.58.